The fourth-order valence-electron chi connectivity index (χ4n) is 2.43. The molecule has 0 unspecified atom stereocenters. The van der Waals surface area contributed by atoms with Crippen LogP contribution in [0.3, 0.4) is 0 Å². The second kappa shape index (κ2) is 7.01. The van der Waals surface area contributed by atoms with Crippen LogP contribution in [-0.2, 0) is 4.74 Å². The van der Waals surface area contributed by atoms with Crippen molar-refractivity contribution in [2.75, 3.05) is 14.2 Å². The molecule has 3 rings (SSSR count). The molecule has 1 N–H and O–H groups in total. The number of carbonyl (C=O) groups excluding carboxylic acids is 1. The van der Waals surface area contributed by atoms with E-state index in [0.717, 1.165) is 4.68 Å². The zero-order chi connectivity index (χ0) is 18.8. The molecular weight excluding hydrogens is 365 g/mol. The molecule has 1 aromatic heterocycles. The molecule has 26 heavy (non-hydrogen) atoms. The van der Waals surface area contributed by atoms with Gasteiger partial charge >= 0.3 is 11.7 Å². The van der Waals surface area contributed by atoms with Crippen molar-refractivity contribution in [2.24, 2.45) is 0 Å². The third-order valence-electron chi connectivity index (χ3n) is 3.65. The molecule has 3 aromatic rings. The van der Waals surface area contributed by atoms with Crippen LogP contribution >= 0.6 is 11.6 Å². The van der Waals surface area contributed by atoms with Gasteiger partial charge in [-0.05, 0) is 30.3 Å². The molecule has 0 fully saturated rings. The fourth-order valence-corrected chi connectivity index (χ4v) is 2.69. The van der Waals surface area contributed by atoms with Crippen LogP contribution in [0.1, 0.15) is 10.4 Å². The first-order valence-electron chi connectivity index (χ1n) is 7.36. The highest BCUT2D eigenvalue weighted by Gasteiger charge is 2.18. The van der Waals surface area contributed by atoms with E-state index < -0.39 is 17.5 Å². The molecule has 0 bridgehead atoms. The van der Waals surface area contributed by atoms with Crippen molar-refractivity contribution in [3.63, 3.8) is 0 Å². The molecule has 1 heterocycles. The van der Waals surface area contributed by atoms with Gasteiger partial charge in [-0.3, -0.25) is 4.98 Å². The van der Waals surface area contributed by atoms with Crippen molar-refractivity contribution < 1.29 is 18.7 Å². The van der Waals surface area contributed by atoms with E-state index in [9.17, 15) is 14.0 Å². The molecule has 9 heteroatoms. The van der Waals surface area contributed by atoms with E-state index >= 15 is 0 Å². The summed E-state index contributed by atoms with van der Waals surface area (Å²) in [4.78, 5) is 26.6. The van der Waals surface area contributed by atoms with Crippen LogP contribution in [0.25, 0.3) is 17.1 Å². The van der Waals surface area contributed by atoms with Crippen molar-refractivity contribution in [3.8, 4) is 22.8 Å². The third kappa shape index (κ3) is 3.06. The summed E-state index contributed by atoms with van der Waals surface area (Å²) in [6.07, 6.45) is 0. The van der Waals surface area contributed by atoms with Gasteiger partial charge in [0.25, 0.3) is 0 Å². The first kappa shape index (κ1) is 17.7. The van der Waals surface area contributed by atoms with Crippen molar-refractivity contribution in [2.45, 2.75) is 0 Å². The van der Waals surface area contributed by atoms with Crippen LogP contribution in [-0.4, -0.2) is 35.0 Å². The predicted octanol–water partition coefficient (Wildman–Crippen LogP) is 2.82. The first-order chi connectivity index (χ1) is 12.5. The number of rotatable bonds is 4. The second-order valence-corrected chi connectivity index (χ2v) is 5.57. The van der Waals surface area contributed by atoms with E-state index in [0.29, 0.717) is 0 Å². The van der Waals surface area contributed by atoms with Gasteiger partial charge in [-0.1, -0.05) is 17.7 Å². The molecule has 0 aliphatic carbocycles. The normalized spacial score (nSPS) is 10.6. The molecule has 0 atom stereocenters. The smallest absolute Gasteiger partial charge is 0.348 e. The molecule has 0 spiro atoms. The van der Waals surface area contributed by atoms with E-state index in [4.69, 9.17) is 21.1 Å². The summed E-state index contributed by atoms with van der Waals surface area (Å²) in [5, 5.41) is 4.19. The first-order valence-corrected chi connectivity index (χ1v) is 7.74. The monoisotopic (exact) mass is 377 g/mol. The Bertz CT molecular complexity index is 1020. The number of halogens is 2. The Labute approximate surface area is 151 Å². The lowest BCUT2D eigenvalue weighted by atomic mass is 10.2. The number of aromatic nitrogens is 3. The third-order valence-corrected chi connectivity index (χ3v) is 3.97. The molecule has 0 aliphatic rings. The van der Waals surface area contributed by atoms with Gasteiger partial charge in [0.2, 0.25) is 0 Å². The van der Waals surface area contributed by atoms with Gasteiger partial charge in [0.1, 0.15) is 17.1 Å². The minimum atomic E-state index is -0.635. The van der Waals surface area contributed by atoms with Crippen molar-refractivity contribution in [1.29, 1.82) is 0 Å². The lowest BCUT2D eigenvalue weighted by molar-refractivity contribution is 0.0597. The van der Waals surface area contributed by atoms with Crippen LogP contribution in [0.2, 0.25) is 5.02 Å². The Kier molecular flexibility index (Phi) is 4.77. The van der Waals surface area contributed by atoms with Crippen molar-refractivity contribution >= 4 is 17.6 Å². The Balaban J connectivity index is 2.14. The minimum Gasteiger partial charge on any atom is -0.496 e. The van der Waals surface area contributed by atoms with Crippen LogP contribution < -0.4 is 10.4 Å². The maximum absolute atomic E-state index is 14.1. The summed E-state index contributed by atoms with van der Waals surface area (Å²) in [5.74, 6) is -1.01. The highest BCUT2D eigenvalue weighted by atomic mass is 35.5. The maximum atomic E-state index is 14.1. The average molecular weight is 378 g/mol. The summed E-state index contributed by atoms with van der Waals surface area (Å²) in [6.45, 7) is 0. The van der Waals surface area contributed by atoms with Crippen LogP contribution in [0, 0.1) is 5.82 Å². The summed E-state index contributed by atoms with van der Waals surface area (Å²) >= 11 is 6.01. The molecule has 0 amide bonds. The van der Waals surface area contributed by atoms with Gasteiger partial charge in [-0.15, -0.1) is 5.10 Å². The molecule has 134 valence electrons. The molecule has 2 aromatic carbocycles. The Morgan fingerprint density at radius 2 is 2.04 bits per heavy atom. The molecule has 7 nitrogen and oxygen atoms in total. The predicted molar refractivity (Wildman–Crippen MR) is 92.5 cm³/mol. The number of benzene rings is 2. The average Bonchev–Trinajstić information content (AvgIpc) is 3.01. The Morgan fingerprint density at radius 1 is 1.27 bits per heavy atom. The van der Waals surface area contributed by atoms with Gasteiger partial charge in [0.05, 0.1) is 30.5 Å². The number of methoxy groups -OCH3 is 2. The Hall–Kier alpha value is -3.13. The zero-order valence-corrected chi connectivity index (χ0v) is 14.5. The molecule has 0 radical (unpaired) electrons. The number of nitrogens with one attached hydrogen (secondary N) is 1. The van der Waals surface area contributed by atoms with Crippen LogP contribution in [0.5, 0.6) is 5.75 Å². The summed E-state index contributed by atoms with van der Waals surface area (Å²) < 4.78 is 24.9. The van der Waals surface area contributed by atoms with E-state index in [1.165, 1.54) is 50.6 Å². The van der Waals surface area contributed by atoms with E-state index in [1.807, 2.05) is 0 Å². The SMILES string of the molecule is COC(=O)c1cc(-n2nc(-c3c(F)cccc3Cl)[nH]c2=O)ccc1OC. The number of aromatic amines is 1. The van der Waals surface area contributed by atoms with Gasteiger partial charge in [0.15, 0.2) is 5.82 Å². The molecule has 0 aliphatic heterocycles. The molecular formula is C17H13ClFN3O4. The number of nitrogens with zero attached hydrogens (tertiary/aromatic N) is 2. The number of ether oxygens (including phenoxy) is 2. The minimum absolute atomic E-state index is 0.0216. The van der Waals surface area contributed by atoms with Gasteiger partial charge in [-0.25, -0.2) is 14.0 Å². The standard InChI is InChI=1S/C17H13ClFN3O4/c1-25-13-7-6-9(8-10(13)16(23)26-2)22-17(24)20-15(21-22)14-11(18)4-3-5-12(14)19/h3-8H,1-2H3,(H,20,21,24). The quantitative estimate of drug-likeness (QED) is 0.706. The summed E-state index contributed by atoms with van der Waals surface area (Å²) in [6, 6.07) is 8.56. The number of H-pyrrole nitrogens is 1. The second-order valence-electron chi connectivity index (χ2n) is 5.16. The van der Waals surface area contributed by atoms with Gasteiger partial charge < -0.3 is 9.47 Å². The molecule has 0 saturated heterocycles. The van der Waals surface area contributed by atoms with Gasteiger partial charge in [0, 0.05) is 0 Å². The number of hydrogen-bond acceptors (Lipinski definition) is 5. The number of hydrogen-bond donors (Lipinski definition) is 1. The van der Waals surface area contributed by atoms with E-state index in [2.05, 4.69) is 10.1 Å². The highest BCUT2D eigenvalue weighted by molar-refractivity contribution is 6.33. The van der Waals surface area contributed by atoms with Crippen LogP contribution in [0.15, 0.2) is 41.2 Å². The lowest BCUT2D eigenvalue weighted by Gasteiger charge is -2.08. The number of esters is 1. The highest BCUT2D eigenvalue weighted by Crippen LogP contribution is 2.28. The van der Waals surface area contributed by atoms with Crippen molar-refractivity contribution in [1.82, 2.24) is 14.8 Å². The maximum Gasteiger partial charge on any atom is 0.348 e. The number of carbonyl (C=O) groups is 1. The summed E-state index contributed by atoms with van der Waals surface area (Å²) in [5.41, 5.74) is -0.258. The van der Waals surface area contributed by atoms with Crippen LogP contribution in [0.4, 0.5) is 4.39 Å². The largest absolute Gasteiger partial charge is 0.496 e. The fraction of sp³-hybridized carbons (Fsp3) is 0.118. The lowest BCUT2D eigenvalue weighted by Crippen LogP contribution is -2.16. The summed E-state index contributed by atoms with van der Waals surface area (Å²) in [7, 11) is 2.63. The zero-order valence-electron chi connectivity index (χ0n) is 13.7. The molecule has 0 saturated carbocycles. The van der Waals surface area contributed by atoms with E-state index in [-0.39, 0.29) is 33.4 Å². The van der Waals surface area contributed by atoms with Gasteiger partial charge in [-0.2, -0.15) is 4.68 Å². The van der Waals surface area contributed by atoms with E-state index in [1.54, 1.807) is 0 Å². The Morgan fingerprint density at radius 3 is 2.69 bits per heavy atom. The van der Waals surface area contributed by atoms with Crippen molar-refractivity contribution in [3.05, 3.63) is 63.3 Å². The topological polar surface area (TPSA) is 86.2 Å².